The first-order valence-electron chi connectivity index (χ1n) is 10.5. The molecule has 0 aromatic heterocycles. The molecule has 1 unspecified atom stereocenters. The van der Waals surface area contributed by atoms with Gasteiger partial charge in [0, 0.05) is 17.7 Å². The Morgan fingerprint density at radius 3 is 1.61 bits per heavy atom. The number of nitrogens with zero attached hydrogens (tertiary/aromatic N) is 1. The molecule has 3 nitrogen and oxygen atoms in total. The summed E-state index contributed by atoms with van der Waals surface area (Å²) in [5.74, 6) is -0.0391. The van der Waals surface area contributed by atoms with Crippen LogP contribution in [0.1, 0.15) is 28.4 Å². The lowest BCUT2D eigenvalue weighted by atomic mass is 9.92. The van der Waals surface area contributed by atoms with E-state index in [1.54, 1.807) is 0 Å². The molecule has 0 aliphatic carbocycles. The fourth-order valence-electron chi connectivity index (χ4n) is 4.32. The van der Waals surface area contributed by atoms with Gasteiger partial charge in [0.05, 0.1) is 0 Å². The number of benzene rings is 4. The number of ether oxygens (including phenoxy) is 1. The maximum absolute atomic E-state index is 13.9. The van der Waals surface area contributed by atoms with Crippen molar-refractivity contribution in [3.63, 3.8) is 0 Å². The molecule has 1 heterocycles. The van der Waals surface area contributed by atoms with Gasteiger partial charge in [-0.05, 0) is 11.1 Å². The Morgan fingerprint density at radius 2 is 1.10 bits per heavy atom. The van der Waals surface area contributed by atoms with Gasteiger partial charge in [0.15, 0.2) is 11.8 Å². The lowest BCUT2D eigenvalue weighted by Gasteiger charge is -2.38. The Bertz CT molecular complexity index is 1110. The van der Waals surface area contributed by atoms with Crippen LogP contribution >= 0.6 is 0 Å². The second kappa shape index (κ2) is 8.21. The number of hydrogen-bond donors (Lipinski definition) is 0. The highest BCUT2D eigenvalue weighted by Crippen LogP contribution is 2.48. The van der Waals surface area contributed by atoms with E-state index in [1.807, 2.05) is 126 Å². The summed E-state index contributed by atoms with van der Waals surface area (Å²) in [6.45, 7) is 0.451. The molecular weight excluding hydrogens is 382 g/mol. The molecule has 152 valence electrons. The van der Waals surface area contributed by atoms with E-state index in [0.717, 1.165) is 22.3 Å². The predicted molar refractivity (Wildman–Crippen MR) is 121 cm³/mol. The maximum Gasteiger partial charge on any atom is 0.259 e. The van der Waals surface area contributed by atoms with Crippen molar-refractivity contribution < 1.29 is 9.53 Å². The number of hydrogen-bond acceptors (Lipinski definition) is 2. The molecule has 31 heavy (non-hydrogen) atoms. The van der Waals surface area contributed by atoms with Gasteiger partial charge in [0.2, 0.25) is 0 Å². The molecule has 0 spiro atoms. The van der Waals surface area contributed by atoms with Crippen molar-refractivity contribution in [2.24, 2.45) is 0 Å². The maximum atomic E-state index is 13.9. The summed E-state index contributed by atoms with van der Waals surface area (Å²) in [7, 11) is 0. The van der Waals surface area contributed by atoms with Gasteiger partial charge in [-0.15, -0.1) is 0 Å². The Balaban J connectivity index is 1.71. The molecule has 1 fully saturated rings. The molecule has 0 saturated carbocycles. The summed E-state index contributed by atoms with van der Waals surface area (Å²) in [6, 6.07) is 39.9. The quantitative estimate of drug-likeness (QED) is 0.427. The highest BCUT2D eigenvalue weighted by atomic mass is 16.6. The Morgan fingerprint density at radius 1 is 0.645 bits per heavy atom. The number of carbonyl (C=O) groups excluding carboxylic acids is 1. The van der Waals surface area contributed by atoms with Crippen LogP contribution in [-0.4, -0.2) is 10.8 Å². The van der Waals surface area contributed by atoms with Crippen molar-refractivity contribution in [2.75, 3.05) is 0 Å². The summed E-state index contributed by atoms with van der Waals surface area (Å²) in [6.07, 6.45) is -0.676. The van der Waals surface area contributed by atoms with Crippen molar-refractivity contribution in [2.45, 2.75) is 18.4 Å². The zero-order valence-corrected chi connectivity index (χ0v) is 17.1. The molecule has 4 aromatic carbocycles. The third-order valence-corrected chi connectivity index (χ3v) is 5.77. The van der Waals surface area contributed by atoms with Crippen LogP contribution in [0.4, 0.5) is 0 Å². The van der Waals surface area contributed by atoms with Crippen molar-refractivity contribution in [3.8, 4) is 0 Å². The van der Waals surface area contributed by atoms with Crippen LogP contribution in [0.15, 0.2) is 121 Å². The van der Waals surface area contributed by atoms with E-state index in [-0.39, 0.29) is 5.91 Å². The molecule has 0 bridgehead atoms. The SMILES string of the molecule is O=C1C(c2ccccc2)OC(c2ccccc2)(c2ccccc2)N1Cc1ccccc1. The van der Waals surface area contributed by atoms with Gasteiger partial charge in [-0.1, -0.05) is 121 Å². The van der Waals surface area contributed by atoms with E-state index >= 15 is 0 Å². The third-order valence-electron chi connectivity index (χ3n) is 5.77. The molecule has 4 aromatic rings. The minimum Gasteiger partial charge on any atom is -0.329 e. The van der Waals surface area contributed by atoms with Crippen molar-refractivity contribution in [1.82, 2.24) is 4.90 Å². The van der Waals surface area contributed by atoms with Gasteiger partial charge in [0.25, 0.3) is 5.91 Å². The van der Waals surface area contributed by atoms with Gasteiger partial charge in [-0.25, -0.2) is 0 Å². The van der Waals surface area contributed by atoms with E-state index in [1.165, 1.54) is 0 Å². The van der Waals surface area contributed by atoms with E-state index in [2.05, 4.69) is 0 Å². The number of carbonyl (C=O) groups is 1. The topological polar surface area (TPSA) is 29.5 Å². The smallest absolute Gasteiger partial charge is 0.259 e. The molecule has 5 rings (SSSR count). The Hall–Kier alpha value is -3.69. The first-order chi connectivity index (χ1) is 15.3. The van der Waals surface area contributed by atoms with Crippen LogP contribution < -0.4 is 0 Å². The summed E-state index contributed by atoms with van der Waals surface area (Å²) in [4.78, 5) is 15.8. The summed E-state index contributed by atoms with van der Waals surface area (Å²) in [5.41, 5.74) is 2.77. The van der Waals surface area contributed by atoms with Gasteiger partial charge in [-0.2, -0.15) is 0 Å². The van der Waals surface area contributed by atoms with Crippen molar-refractivity contribution in [3.05, 3.63) is 144 Å². The van der Waals surface area contributed by atoms with Crippen molar-refractivity contribution >= 4 is 5.91 Å². The largest absolute Gasteiger partial charge is 0.329 e. The molecule has 0 N–H and O–H groups in total. The number of rotatable bonds is 5. The standard InChI is InChI=1S/C28H23NO2/c30-27-26(23-15-7-2-8-16-23)31-28(24-17-9-3-10-18-24,25-19-11-4-12-20-25)29(27)21-22-13-5-1-6-14-22/h1-20,26H,21H2. The van der Waals surface area contributed by atoms with Gasteiger partial charge in [0.1, 0.15) is 0 Å². The lowest BCUT2D eigenvalue weighted by Crippen LogP contribution is -2.44. The molecule has 0 radical (unpaired) electrons. The summed E-state index contributed by atoms with van der Waals surface area (Å²) >= 11 is 0. The third kappa shape index (κ3) is 3.43. The summed E-state index contributed by atoms with van der Waals surface area (Å²) < 4.78 is 6.78. The molecule has 3 heteroatoms. The van der Waals surface area contributed by atoms with Gasteiger partial charge >= 0.3 is 0 Å². The van der Waals surface area contributed by atoms with Crippen molar-refractivity contribution in [1.29, 1.82) is 0 Å². The lowest BCUT2D eigenvalue weighted by molar-refractivity contribution is -0.132. The molecular formula is C28H23NO2. The molecule has 1 aliphatic heterocycles. The zero-order chi connectivity index (χ0) is 21.1. The molecule has 1 saturated heterocycles. The second-order valence-electron chi connectivity index (χ2n) is 7.69. The fourth-order valence-corrected chi connectivity index (χ4v) is 4.32. The van der Waals surface area contributed by atoms with Gasteiger partial charge < -0.3 is 4.74 Å². The number of amides is 1. The van der Waals surface area contributed by atoms with E-state index in [4.69, 9.17) is 4.74 Å². The monoisotopic (exact) mass is 405 g/mol. The normalized spacial score (nSPS) is 17.6. The predicted octanol–water partition coefficient (Wildman–Crippen LogP) is 5.69. The Labute approximate surface area is 182 Å². The van der Waals surface area contributed by atoms with Crippen LogP contribution in [0.25, 0.3) is 0 Å². The fraction of sp³-hybridized carbons (Fsp3) is 0.107. The van der Waals surface area contributed by atoms with Crippen LogP contribution in [0.3, 0.4) is 0 Å². The van der Waals surface area contributed by atoms with E-state index in [9.17, 15) is 4.79 Å². The van der Waals surface area contributed by atoms with Gasteiger partial charge in [-0.3, -0.25) is 9.69 Å². The highest BCUT2D eigenvalue weighted by molar-refractivity contribution is 5.86. The molecule has 1 atom stereocenters. The zero-order valence-electron chi connectivity index (χ0n) is 17.1. The molecule has 1 aliphatic rings. The first-order valence-corrected chi connectivity index (χ1v) is 10.5. The van der Waals surface area contributed by atoms with E-state index in [0.29, 0.717) is 6.54 Å². The summed E-state index contributed by atoms with van der Waals surface area (Å²) in [5, 5.41) is 0. The minimum absolute atomic E-state index is 0.0391. The highest BCUT2D eigenvalue weighted by Gasteiger charge is 2.54. The Kier molecular flexibility index (Phi) is 5.11. The average Bonchev–Trinajstić information content (AvgIpc) is 3.14. The van der Waals surface area contributed by atoms with Crippen LogP contribution in [0.5, 0.6) is 0 Å². The van der Waals surface area contributed by atoms with Crippen LogP contribution in [0, 0.1) is 0 Å². The average molecular weight is 405 g/mol. The van der Waals surface area contributed by atoms with E-state index < -0.39 is 11.8 Å². The second-order valence-corrected chi connectivity index (χ2v) is 7.69. The molecule has 1 amide bonds. The van der Waals surface area contributed by atoms with Crippen LogP contribution in [0.2, 0.25) is 0 Å². The first kappa shape index (κ1) is 19.3. The minimum atomic E-state index is -1.02. The van der Waals surface area contributed by atoms with Crippen LogP contribution in [-0.2, 0) is 21.8 Å².